The van der Waals surface area contributed by atoms with E-state index in [0.29, 0.717) is 29.8 Å². The quantitative estimate of drug-likeness (QED) is 0.827. The molecular formula is C22H25FN2O2. The molecule has 4 nitrogen and oxygen atoms in total. The largest absolute Gasteiger partial charge is 0.496 e. The molecule has 3 saturated heterocycles. The number of halogens is 1. The summed E-state index contributed by atoms with van der Waals surface area (Å²) in [6.45, 7) is 3.32. The van der Waals surface area contributed by atoms with E-state index in [1.54, 1.807) is 0 Å². The van der Waals surface area contributed by atoms with Crippen LogP contribution in [0, 0.1) is 11.7 Å². The predicted octanol–water partition coefficient (Wildman–Crippen LogP) is 3.57. The number of rotatable bonds is 4. The molecule has 2 aromatic carbocycles. The molecule has 3 fully saturated rings. The maximum absolute atomic E-state index is 13.7. The number of piperidine rings is 1. The van der Waals surface area contributed by atoms with Crippen molar-refractivity contribution in [2.24, 2.45) is 5.92 Å². The van der Waals surface area contributed by atoms with Crippen molar-refractivity contribution in [3.63, 3.8) is 0 Å². The van der Waals surface area contributed by atoms with Crippen molar-refractivity contribution in [1.29, 1.82) is 0 Å². The topological polar surface area (TPSA) is 32.8 Å². The van der Waals surface area contributed by atoms with Crippen LogP contribution in [-0.4, -0.2) is 48.5 Å². The minimum atomic E-state index is -0.414. The van der Waals surface area contributed by atoms with Gasteiger partial charge in [0.05, 0.1) is 12.7 Å². The maximum Gasteiger partial charge on any atom is 0.257 e. The lowest BCUT2D eigenvalue weighted by Gasteiger charge is -2.36. The number of methoxy groups -OCH3 is 1. The van der Waals surface area contributed by atoms with E-state index >= 15 is 0 Å². The lowest BCUT2D eigenvalue weighted by Crippen LogP contribution is -2.43. The van der Waals surface area contributed by atoms with Gasteiger partial charge in [-0.2, -0.15) is 0 Å². The molecule has 0 saturated carbocycles. The van der Waals surface area contributed by atoms with Crippen molar-refractivity contribution < 1.29 is 13.9 Å². The molecule has 0 N–H and O–H groups in total. The zero-order chi connectivity index (χ0) is 18.8. The minimum absolute atomic E-state index is 0.134. The van der Waals surface area contributed by atoms with Crippen LogP contribution in [0.15, 0.2) is 48.5 Å². The van der Waals surface area contributed by atoms with Gasteiger partial charge >= 0.3 is 0 Å². The Kier molecular flexibility index (Phi) is 5.12. The number of fused-ring (bicyclic) bond motifs is 4. The number of nitrogens with zero attached hydrogens (tertiary/aromatic N) is 2. The van der Waals surface area contributed by atoms with Crippen LogP contribution in [0.1, 0.15) is 28.8 Å². The highest BCUT2D eigenvalue weighted by Gasteiger charge is 2.37. The molecule has 5 heteroatoms. The highest BCUT2D eigenvalue weighted by atomic mass is 19.1. The summed E-state index contributed by atoms with van der Waals surface area (Å²) in [6.07, 6.45) is 2.24. The first kappa shape index (κ1) is 18.0. The van der Waals surface area contributed by atoms with Crippen LogP contribution in [0.3, 0.4) is 0 Å². The Balaban J connectivity index is 1.53. The smallest absolute Gasteiger partial charge is 0.257 e. The molecule has 2 bridgehead atoms. The molecule has 3 heterocycles. The van der Waals surface area contributed by atoms with Crippen LogP contribution >= 0.6 is 0 Å². The van der Waals surface area contributed by atoms with E-state index < -0.39 is 5.82 Å². The van der Waals surface area contributed by atoms with Crippen LogP contribution in [0.2, 0.25) is 0 Å². The van der Waals surface area contributed by atoms with Crippen molar-refractivity contribution in [3.8, 4) is 5.75 Å². The number of hydrogen-bond acceptors (Lipinski definition) is 3. The summed E-state index contributed by atoms with van der Waals surface area (Å²) in [6, 6.07) is 14.9. The second-order valence-electron chi connectivity index (χ2n) is 7.57. The van der Waals surface area contributed by atoms with E-state index in [1.807, 2.05) is 11.0 Å². The number of ether oxygens (including phenoxy) is 1. The molecule has 142 valence electrons. The van der Waals surface area contributed by atoms with Gasteiger partial charge in [-0.05, 0) is 42.5 Å². The Morgan fingerprint density at radius 3 is 2.70 bits per heavy atom. The van der Waals surface area contributed by atoms with Crippen LogP contribution in [0.4, 0.5) is 4.39 Å². The summed E-state index contributed by atoms with van der Waals surface area (Å²) >= 11 is 0. The van der Waals surface area contributed by atoms with Gasteiger partial charge in [0.15, 0.2) is 0 Å². The van der Waals surface area contributed by atoms with E-state index in [4.69, 9.17) is 4.74 Å². The fourth-order valence-corrected chi connectivity index (χ4v) is 4.37. The molecule has 0 unspecified atom stereocenters. The first-order valence-corrected chi connectivity index (χ1v) is 9.55. The maximum atomic E-state index is 13.7. The van der Waals surface area contributed by atoms with Gasteiger partial charge in [0, 0.05) is 32.2 Å². The summed E-state index contributed by atoms with van der Waals surface area (Å²) in [7, 11) is 1.51. The average molecular weight is 368 g/mol. The Bertz CT molecular complexity index is 811. The van der Waals surface area contributed by atoms with Crippen LogP contribution in [0.25, 0.3) is 0 Å². The van der Waals surface area contributed by atoms with Gasteiger partial charge in [-0.25, -0.2) is 4.39 Å². The fourth-order valence-electron chi connectivity index (χ4n) is 4.37. The summed E-state index contributed by atoms with van der Waals surface area (Å²) in [5.41, 5.74) is 1.61. The molecule has 5 rings (SSSR count). The van der Waals surface area contributed by atoms with Crippen molar-refractivity contribution >= 4 is 5.91 Å². The Morgan fingerprint density at radius 2 is 1.93 bits per heavy atom. The van der Waals surface area contributed by atoms with Gasteiger partial charge in [-0.15, -0.1) is 0 Å². The minimum Gasteiger partial charge on any atom is -0.496 e. The van der Waals surface area contributed by atoms with Crippen LogP contribution in [-0.2, 0) is 6.54 Å². The third-order valence-corrected chi connectivity index (χ3v) is 5.73. The molecule has 3 aliphatic heterocycles. The number of benzene rings is 2. The van der Waals surface area contributed by atoms with Gasteiger partial charge in [-0.1, -0.05) is 30.3 Å². The number of carbonyl (C=O) groups is 1. The van der Waals surface area contributed by atoms with Crippen molar-refractivity contribution in [2.45, 2.75) is 25.4 Å². The Morgan fingerprint density at radius 1 is 1.11 bits per heavy atom. The molecule has 1 amide bonds. The monoisotopic (exact) mass is 368 g/mol. The number of hydrogen-bond donors (Lipinski definition) is 0. The van der Waals surface area contributed by atoms with Gasteiger partial charge in [0.25, 0.3) is 5.91 Å². The molecule has 2 atom stereocenters. The van der Waals surface area contributed by atoms with E-state index in [0.717, 1.165) is 32.5 Å². The molecule has 0 aliphatic carbocycles. The first-order chi connectivity index (χ1) is 13.1. The normalized spacial score (nSPS) is 22.5. The second-order valence-corrected chi connectivity index (χ2v) is 7.57. The van der Waals surface area contributed by atoms with Gasteiger partial charge in [0.1, 0.15) is 11.6 Å². The molecular weight excluding hydrogens is 343 g/mol. The molecule has 0 spiro atoms. The standard InChI is InChI=1S/C22H25FN2O2/c1-27-21-10-8-18(23)11-20(21)22(26)25-14-17-7-9-19(15-25)24(13-17)12-16-5-3-2-4-6-16/h2-6,8,10-11,17,19H,7,9,12-15H2,1H3/t17-,19-/m1/s1. The van der Waals surface area contributed by atoms with E-state index in [9.17, 15) is 9.18 Å². The predicted molar refractivity (Wildman–Crippen MR) is 102 cm³/mol. The van der Waals surface area contributed by atoms with E-state index in [1.165, 1.54) is 30.9 Å². The fraction of sp³-hybridized carbons (Fsp3) is 0.409. The Hall–Kier alpha value is -2.40. The second kappa shape index (κ2) is 7.69. The van der Waals surface area contributed by atoms with Gasteiger partial charge in [0.2, 0.25) is 0 Å². The third kappa shape index (κ3) is 3.83. The van der Waals surface area contributed by atoms with E-state index in [2.05, 4.69) is 29.2 Å². The highest BCUT2D eigenvalue weighted by molar-refractivity contribution is 5.97. The molecule has 27 heavy (non-hydrogen) atoms. The first-order valence-electron chi connectivity index (χ1n) is 9.55. The SMILES string of the molecule is COc1ccc(F)cc1C(=O)N1C[C@@H]2CC[C@H](C1)N(Cc1ccccc1)C2. The zero-order valence-corrected chi connectivity index (χ0v) is 15.6. The summed E-state index contributed by atoms with van der Waals surface area (Å²) in [5, 5.41) is 0. The van der Waals surface area contributed by atoms with Crippen LogP contribution in [0.5, 0.6) is 5.75 Å². The van der Waals surface area contributed by atoms with E-state index in [-0.39, 0.29) is 5.91 Å². The summed E-state index contributed by atoms with van der Waals surface area (Å²) in [4.78, 5) is 17.5. The van der Waals surface area contributed by atoms with Crippen molar-refractivity contribution in [2.75, 3.05) is 26.7 Å². The average Bonchev–Trinajstić information content (AvgIpc) is 3.00. The lowest BCUT2D eigenvalue weighted by atomic mass is 9.94. The van der Waals surface area contributed by atoms with Crippen LogP contribution < -0.4 is 4.74 Å². The van der Waals surface area contributed by atoms with Crippen molar-refractivity contribution in [3.05, 3.63) is 65.5 Å². The molecule has 2 aromatic rings. The molecule has 0 aromatic heterocycles. The summed E-state index contributed by atoms with van der Waals surface area (Å²) < 4.78 is 19.0. The molecule has 3 aliphatic rings. The zero-order valence-electron chi connectivity index (χ0n) is 15.6. The Labute approximate surface area is 159 Å². The lowest BCUT2D eigenvalue weighted by molar-refractivity contribution is 0.0732. The molecule has 0 radical (unpaired) electrons. The third-order valence-electron chi connectivity index (χ3n) is 5.73. The number of carbonyl (C=O) groups excluding carboxylic acids is 1. The van der Waals surface area contributed by atoms with Gasteiger partial charge < -0.3 is 9.64 Å². The van der Waals surface area contributed by atoms with Gasteiger partial charge in [-0.3, -0.25) is 9.69 Å². The highest BCUT2D eigenvalue weighted by Crippen LogP contribution is 2.31. The van der Waals surface area contributed by atoms with Crippen molar-refractivity contribution in [1.82, 2.24) is 9.80 Å². The summed E-state index contributed by atoms with van der Waals surface area (Å²) in [5.74, 6) is 0.336. The number of amides is 1.